The third-order valence-electron chi connectivity index (χ3n) is 8.28. The highest BCUT2D eigenvalue weighted by Gasteiger charge is 2.36. The number of carbonyl (C=O) groups is 1. The number of rotatable bonds is 12. The van der Waals surface area contributed by atoms with Crippen LogP contribution in [0.2, 0.25) is 0 Å². The quantitative estimate of drug-likeness (QED) is 0.168. The highest BCUT2D eigenvalue weighted by Crippen LogP contribution is 2.26. The maximum atomic E-state index is 13.9. The van der Waals surface area contributed by atoms with Crippen LogP contribution < -0.4 is 17.2 Å². The van der Waals surface area contributed by atoms with Crippen LogP contribution in [-0.4, -0.2) is 66.0 Å². The number of guanidine groups is 1. The second kappa shape index (κ2) is 14.7. The molecule has 7 heteroatoms. The Morgan fingerprint density at radius 3 is 2.33 bits per heavy atom. The van der Waals surface area contributed by atoms with Gasteiger partial charge in [-0.15, -0.1) is 0 Å². The van der Waals surface area contributed by atoms with Gasteiger partial charge in [0, 0.05) is 44.3 Å². The van der Waals surface area contributed by atoms with Crippen molar-refractivity contribution in [1.82, 2.24) is 9.80 Å². The number of fused-ring (bicyclic) bond motifs is 1. The molecule has 7 nitrogen and oxygen atoms in total. The average molecular weight is 571 g/mol. The lowest BCUT2D eigenvalue weighted by atomic mass is 9.93. The SMILES string of the molecule is Cc1cc(C)cc(C[C@H](N)CN2C[C@@H](CC(C)C)N(C(=O)Cc3ccc4ccccc4c3)CC2CCCN=C(N)N)c1. The van der Waals surface area contributed by atoms with Crippen molar-refractivity contribution >= 4 is 22.6 Å². The van der Waals surface area contributed by atoms with Gasteiger partial charge >= 0.3 is 0 Å². The number of nitrogens with two attached hydrogens (primary N) is 3. The first-order chi connectivity index (χ1) is 20.1. The molecule has 0 bridgehead atoms. The molecule has 1 aliphatic heterocycles. The normalized spacial score (nSPS) is 18.4. The van der Waals surface area contributed by atoms with Crippen molar-refractivity contribution in [2.75, 3.05) is 26.2 Å². The van der Waals surface area contributed by atoms with Crippen LogP contribution in [0.1, 0.15) is 55.4 Å². The van der Waals surface area contributed by atoms with Gasteiger partial charge < -0.3 is 22.1 Å². The number of benzene rings is 3. The third kappa shape index (κ3) is 9.04. The van der Waals surface area contributed by atoms with E-state index >= 15 is 0 Å². The Kier molecular flexibility index (Phi) is 11.0. The van der Waals surface area contributed by atoms with E-state index in [4.69, 9.17) is 17.2 Å². The molecule has 1 saturated heterocycles. The van der Waals surface area contributed by atoms with Crippen LogP contribution in [0.4, 0.5) is 0 Å². The fourth-order valence-corrected chi connectivity index (χ4v) is 6.57. The molecule has 1 unspecified atom stereocenters. The van der Waals surface area contributed by atoms with Crippen molar-refractivity contribution in [1.29, 1.82) is 0 Å². The molecule has 3 aromatic carbocycles. The predicted octanol–water partition coefficient (Wildman–Crippen LogP) is 4.55. The minimum Gasteiger partial charge on any atom is -0.370 e. The monoisotopic (exact) mass is 570 g/mol. The van der Waals surface area contributed by atoms with Crippen molar-refractivity contribution in [3.05, 3.63) is 82.9 Å². The van der Waals surface area contributed by atoms with Crippen molar-refractivity contribution in [3.8, 4) is 0 Å². The minimum absolute atomic E-state index is 0.00552. The van der Waals surface area contributed by atoms with Crippen LogP contribution >= 0.6 is 0 Å². The third-order valence-corrected chi connectivity index (χ3v) is 8.28. The second-order valence-corrected chi connectivity index (χ2v) is 12.7. The molecule has 0 aliphatic carbocycles. The molecule has 42 heavy (non-hydrogen) atoms. The van der Waals surface area contributed by atoms with E-state index < -0.39 is 0 Å². The van der Waals surface area contributed by atoms with Gasteiger partial charge in [-0.1, -0.05) is 85.6 Å². The first-order valence-electron chi connectivity index (χ1n) is 15.5. The fourth-order valence-electron chi connectivity index (χ4n) is 6.57. The number of amides is 1. The van der Waals surface area contributed by atoms with E-state index in [1.807, 2.05) is 12.1 Å². The first-order valence-corrected chi connectivity index (χ1v) is 15.5. The summed E-state index contributed by atoms with van der Waals surface area (Å²) in [5, 5.41) is 2.36. The molecule has 0 radical (unpaired) electrons. The van der Waals surface area contributed by atoms with Gasteiger partial charge in [-0.05, 0) is 67.3 Å². The maximum absolute atomic E-state index is 13.9. The smallest absolute Gasteiger partial charge is 0.227 e. The Balaban J connectivity index is 1.52. The summed E-state index contributed by atoms with van der Waals surface area (Å²) in [5.74, 6) is 0.801. The lowest BCUT2D eigenvalue weighted by Gasteiger charge is -2.48. The number of carbonyl (C=O) groups excluding carboxylic acids is 1. The Bertz CT molecular complexity index is 1340. The molecule has 0 saturated carbocycles. The number of aryl methyl sites for hydroxylation is 2. The molecule has 1 heterocycles. The second-order valence-electron chi connectivity index (χ2n) is 12.7. The summed E-state index contributed by atoms with van der Waals surface area (Å²) in [7, 11) is 0. The molecular formula is C35H50N6O. The maximum Gasteiger partial charge on any atom is 0.227 e. The average Bonchev–Trinajstić information content (AvgIpc) is 2.90. The lowest BCUT2D eigenvalue weighted by Crippen LogP contribution is -2.62. The van der Waals surface area contributed by atoms with Crippen molar-refractivity contribution in [2.24, 2.45) is 28.1 Å². The van der Waals surface area contributed by atoms with E-state index in [1.165, 1.54) is 27.5 Å². The van der Waals surface area contributed by atoms with Gasteiger partial charge in [0.1, 0.15) is 0 Å². The summed E-state index contributed by atoms with van der Waals surface area (Å²) in [5.41, 5.74) is 22.8. The highest BCUT2D eigenvalue weighted by atomic mass is 16.2. The molecule has 3 aromatic rings. The fraction of sp³-hybridized carbons (Fsp3) is 0.486. The molecule has 6 N–H and O–H groups in total. The molecule has 0 spiro atoms. The van der Waals surface area contributed by atoms with Gasteiger partial charge in [0.2, 0.25) is 5.91 Å². The summed E-state index contributed by atoms with van der Waals surface area (Å²) in [6, 6.07) is 21.7. The summed E-state index contributed by atoms with van der Waals surface area (Å²) in [6.45, 7) is 11.7. The van der Waals surface area contributed by atoms with Crippen LogP contribution in [0.15, 0.2) is 65.7 Å². The van der Waals surface area contributed by atoms with Gasteiger partial charge in [0.15, 0.2) is 5.96 Å². The summed E-state index contributed by atoms with van der Waals surface area (Å²) >= 11 is 0. The lowest BCUT2D eigenvalue weighted by molar-refractivity contribution is -0.138. The molecule has 1 fully saturated rings. The largest absolute Gasteiger partial charge is 0.370 e. The molecule has 226 valence electrons. The van der Waals surface area contributed by atoms with Gasteiger partial charge in [0.25, 0.3) is 0 Å². The predicted molar refractivity (Wildman–Crippen MR) is 175 cm³/mol. The first kappa shape index (κ1) is 31.5. The number of hydrogen-bond donors (Lipinski definition) is 3. The zero-order valence-corrected chi connectivity index (χ0v) is 25.9. The van der Waals surface area contributed by atoms with E-state index in [-0.39, 0.29) is 30.0 Å². The Morgan fingerprint density at radius 1 is 0.929 bits per heavy atom. The van der Waals surface area contributed by atoms with Gasteiger partial charge in [-0.3, -0.25) is 14.7 Å². The Hall–Kier alpha value is -3.42. The summed E-state index contributed by atoms with van der Waals surface area (Å²) in [6.07, 6.45) is 3.96. The topological polar surface area (TPSA) is 114 Å². The van der Waals surface area contributed by atoms with E-state index in [0.29, 0.717) is 25.4 Å². The molecule has 1 aliphatic rings. The van der Waals surface area contributed by atoms with Crippen molar-refractivity contribution in [2.45, 2.75) is 77.9 Å². The van der Waals surface area contributed by atoms with Crippen LogP contribution in [0, 0.1) is 19.8 Å². The Morgan fingerprint density at radius 2 is 1.64 bits per heavy atom. The molecular weight excluding hydrogens is 520 g/mol. The Labute approximate surface area is 252 Å². The van der Waals surface area contributed by atoms with Gasteiger partial charge in [0.05, 0.1) is 6.42 Å². The van der Waals surface area contributed by atoms with Crippen LogP contribution in [0.5, 0.6) is 0 Å². The number of aliphatic imine (C=N–C) groups is 1. The van der Waals surface area contributed by atoms with E-state index in [0.717, 1.165) is 44.3 Å². The molecule has 3 atom stereocenters. The van der Waals surface area contributed by atoms with Gasteiger partial charge in [-0.25, -0.2) is 0 Å². The summed E-state index contributed by atoms with van der Waals surface area (Å²) in [4.78, 5) is 22.8. The minimum atomic E-state index is 0.00552. The van der Waals surface area contributed by atoms with Crippen molar-refractivity contribution in [3.63, 3.8) is 0 Å². The van der Waals surface area contributed by atoms with Crippen molar-refractivity contribution < 1.29 is 4.79 Å². The molecule has 4 rings (SSSR count). The van der Waals surface area contributed by atoms with Gasteiger partial charge in [-0.2, -0.15) is 0 Å². The summed E-state index contributed by atoms with van der Waals surface area (Å²) < 4.78 is 0. The number of hydrogen-bond acceptors (Lipinski definition) is 4. The highest BCUT2D eigenvalue weighted by molar-refractivity contribution is 5.85. The zero-order chi connectivity index (χ0) is 30.2. The van der Waals surface area contributed by atoms with E-state index in [1.54, 1.807) is 0 Å². The molecule has 1 amide bonds. The van der Waals surface area contributed by atoms with Crippen LogP contribution in [-0.2, 0) is 17.6 Å². The zero-order valence-electron chi connectivity index (χ0n) is 25.9. The standard InChI is InChI=1S/C35H50N6O/c1-24(2)14-33-22-40(21-31(36)19-28-16-25(3)15-26(4)17-28)32(10-7-13-39-35(37)38)23-41(33)34(42)20-27-11-12-29-8-5-6-9-30(29)18-27/h5-6,8-9,11-12,15-18,24,31-33H,7,10,13-14,19-23,36H2,1-4H3,(H4,37,38,39)/t31-,32?,33+/m0/s1. The van der Waals surface area contributed by atoms with E-state index in [2.05, 4.69) is 91.0 Å². The molecule has 0 aromatic heterocycles. The number of piperazine rings is 1. The van der Waals surface area contributed by atoms with Crippen LogP contribution in [0.25, 0.3) is 10.8 Å². The van der Waals surface area contributed by atoms with Crippen LogP contribution in [0.3, 0.4) is 0 Å². The number of nitrogens with zero attached hydrogens (tertiary/aromatic N) is 3. The van der Waals surface area contributed by atoms with E-state index in [9.17, 15) is 4.79 Å².